The van der Waals surface area contributed by atoms with Gasteiger partial charge in [-0.25, -0.2) is 9.97 Å². The molecular formula is C23H29ClN6O. The first-order valence-electron chi connectivity index (χ1n) is 10.7. The maximum atomic E-state index is 12.4. The summed E-state index contributed by atoms with van der Waals surface area (Å²) in [6.07, 6.45) is 7.68. The van der Waals surface area contributed by atoms with Crippen LogP contribution in [0.5, 0.6) is 0 Å². The fourth-order valence-electron chi connectivity index (χ4n) is 4.14. The highest BCUT2D eigenvalue weighted by atomic mass is 35.5. The predicted octanol–water partition coefficient (Wildman–Crippen LogP) is 4.07. The molecule has 3 N–H and O–H groups in total. The summed E-state index contributed by atoms with van der Waals surface area (Å²) in [6.45, 7) is 1.92. The van der Waals surface area contributed by atoms with E-state index in [4.69, 9.17) is 11.6 Å². The molecule has 3 aromatic heterocycles. The van der Waals surface area contributed by atoms with Gasteiger partial charge < -0.3 is 15.6 Å². The van der Waals surface area contributed by atoms with Gasteiger partial charge >= 0.3 is 0 Å². The molecule has 2 unspecified atom stereocenters. The molecule has 3 atom stereocenters. The van der Waals surface area contributed by atoms with Crippen LogP contribution in [0.15, 0.2) is 36.7 Å². The molecule has 1 aliphatic rings. The molecule has 4 rings (SSSR count). The number of aromatic amines is 1. The summed E-state index contributed by atoms with van der Waals surface area (Å²) >= 11 is 6.36. The number of amides is 1. The zero-order valence-corrected chi connectivity index (χ0v) is 18.9. The van der Waals surface area contributed by atoms with Crippen LogP contribution in [0.1, 0.15) is 32.6 Å². The molecule has 0 aromatic carbocycles. The summed E-state index contributed by atoms with van der Waals surface area (Å²) in [5.41, 5.74) is 2.88. The first kappa shape index (κ1) is 21.6. The molecule has 0 radical (unpaired) electrons. The molecular weight excluding hydrogens is 412 g/mol. The lowest BCUT2D eigenvalue weighted by Crippen LogP contribution is -2.48. The third-order valence-corrected chi connectivity index (χ3v) is 6.28. The monoisotopic (exact) mass is 440 g/mol. The van der Waals surface area contributed by atoms with Gasteiger partial charge in [-0.05, 0) is 76.5 Å². The fraction of sp³-hybridized carbons (Fsp3) is 0.435. The number of halogens is 1. The van der Waals surface area contributed by atoms with Crippen molar-refractivity contribution in [1.82, 2.24) is 25.2 Å². The van der Waals surface area contributed by atoms with Crippen LogP contribution < -0.4 is 10.6 Å². The van der Waals surface area contributed by atoms with Gasteiger partial charge in [0.1, 0.15) is 16.6 Å². The molecule has 7 nitrogen and oxygen atoms in total. The Bertz CT molecular complexity index is 1070. The number of likely N-dealkylation sites (N-methyl/N-ethyl adjacent to an activating group) is 1. The lowest BCUT2D eigenvalue weighted by molar-refractivity contribution is -0.125. The van der Waals surface area contributed by atoms with Gasteiger partial charge in [0.25, 0.3) is 0 Å². The number of carbonyl (C=O) groups excluding carboxylic acids is 1. The lowest BCUT2D eigenvalue weighted by atomic mass is 9.90. The number of fused-ring (bicyclic) bond motifs is 1. The van der Waals surface area contributed by atoms with Crippen molar-refractivity contribution in [2.45, 2.75) is 50.7 Å². The Labute approximate surface area is 187 Å². The van der Waals surface area contributed by atoms with Crippen molar-refractivity contribution in [2.24, 2.45) is 0 Å². The number of carbonyl (C=O) groups is 1. The van der Waals surface area contributed by atoms with Crippen molar-refractivity contribution >= 4 is 34.4 Å². The van der Waals surface area contributed by atoms with Crippen LogP contribution >= 0.6 is 11.6 Å². The van der Waals surface area contributed by atoms with E-state index in [0.717, 1.165) is 53.7 Å². The number of nitrogens with zero attached hydrogens (tertiary/aromatic N) is 3. The first-order valence-corrected chi connectivity index (χ1v) is 11.1. The van der Waals surface area contributed by atoms with Gasteiger partial charge in [0.2, 0.25) is 5.91 Å². The lowest BCUT2D eigenvalue weighted by Gasteiger charge is -2.32. The van der Waals surface area contributed by atoms with Crippen LogP contribution in [-0.4, -0.2) is 58.0 Å². The van der Waals surface area contributed by atoms with Crippen molar-refractivity contribution in [2.75, 3.05) is 19.4 Å². The third kappa shape index (κ3) is 4.99. The van der Waals surface area contributed by atoms with Crippen LogP contribution in [0.4, 0.5) is 5.82 Å². The molecule has 3 heterocycles. The van der Waals surface area contributed by atoms with Gasteiger partial charge in [-0.15, -0.1) is 0 Å². The molecule has 1 fully saturated rings. The topological polar surface area (TPSA) is 85.9 Å². The molecule has 8 heteroatoms. The number of H-pyrrole nitrogens is 1. The van der Waals surface area contributed by atoms with Crippen LogP contribution in [0.3, 0.4) is 0 Å². The van der Waals surface area contributed by atoms with E-state index in [1.54, 1.807) is 6.20 Å². The molecule has 1 amide bonds. The van der Waals surface area contributed by atoms with Crippen LogP contribution in [0.2, 0.25) is 5.15 Å². The van der Waals surface area contributed by atoms with Crippen molar-refractivity contribution < 1.29 is 4.79 Å². The Balaban J connectivity index is 1.47. The molecule has 0 saturated heterocycles. The Hall–Kier alpha value is -2.64. The average Bonchev–Trinajstić information content (AvgIpc) is 3.17. The zero-order valence-electron chi connectivity index (χ0n) is 18.2. The largest absolute Gasteiger partial charge is 0.367 e. The minimum Gasteiger partial charge on any atom is -0.367 e. The summed E-state index contributed by atoms with van der Waals surface area (Å²) in [4.78, 5) is 26.4. The van der Waals surface area contributed by atoms with Gasteiger partial charge in [0, 0.05) is 35.4 Å². The molecule has 0 spiro atoms. The van der Waals surface area contributed by atoms with Gasteiger partial charge in [-0.3, -0.25) is 9.69 Å². The molecule has 31 heavy (non-hydrogen) atoms. The molecule has 0 bridgehead atoms. The number of anilines is 1. The first-order chi connectivity index (χ1) is 14.9. The number of nitrogens with one attached hydrogen (secondary N) is 3. The van der Waals surface area contributed by atoms with Crippen molar-refractivity contribution in [3.8, 4) is 11.1 Å². The molecule has 3 aromatic rings. The van der Waals surface area contributed by atoms with E-state index in [0.29, 0.717) is 5.15 Å². The number of hydrogen-bond donors (Lipinski definition) is 3. The second kappa shape index (κ2) is 9.24. The van der Waals surface area contributed by atoms with E-state index in [1.165, 1.54) is 0 Å². The Morgan fingerprint density at radius 2 is 2.10 bits per heavy atom. The number of pyridine rings is 2. The fourth-order valence-corrected chi connectivity index (χ4v) is 4.35. The number of aromatic nitrogens is 3. The molecule has 1 saturated carbocycles. The Morgan fingerprint density at radius 1 is 1.29 bits per heavy atom. The normalized spacial score (nSPS) is 20.0. The van der Waals surface area contributed by atoms with E-state index < -0.39 is 0 Å². The Kier molecular flexibility index (Phi) is 6.43. The standard InChI is InChI=1S/C23H29ClN6O/c1-14(30(2)3)23(31)28-17-7-4-6-16(12-17)27-21-11-15(10-20(24)29-21)19-13-26-22-18(19)8-5-9-25-22/h5,8-11,13-14,16-17H,4,6-7,12H2,1-3H3,(H,25,26)(H,27,29)(H,28,31)/t14-,16?,17?/m0/s1. The molecule has 1 aliphatic carbocycles. The van der Waals surface area contributed by atoms with Crippen molar-refractivity contribution in [3.05, 3.63) is 41.8 Å². The van der Waals surface area contributed by atoms with Gasteiger partial charge in [0.05, 0.1) is 6.04 Å². The van der Waals surface area contributed by atoms with Crippen molar-refractivity contribution in [1.29, 1.82) is 0 Å². The molecule has 0 aliphatic heterocycles. The zero-order chi connectivity index (χ0) is 22.0. The smallest absolute Gasteiger partial charge is 0.237 e. The number of rotatable bonds is 6. The summed E-state index contributed by atoms with van der Waals surface area (Å²) in [6, 6.07) is 8.12. The third-order valence-electron chi connectivity index (χ3n) is 6.08. The minimum absolute atomic E-state index is 0.0757. The highest BCUT2D eigenvalue weighted by Gasteiger charge is 2.26. The second-order valence-corrected chi connectivity index (χ2v) is 8.91. The van der Waals surface area contributed by atoms with Gasteiger partial charge in [-0.1, -0.05) is 11.6 Å². The van der Waals surface area contributed by atoms with E-state index in [2.05, 4.69) is 25.6 Å². The number of hydrogen-bond acceptors (Lipinski definition) is 5. The van der Waals surface area contributed by atoms with Crippen molar-refractivity contribution in [3.63, 3.8) is 0 Å². The highest BCUT2D eigenvalue weighted by molar-refractivity contribution is 6.29. The van der Waals surface area contributed by atoms with Gasteiger partial charge in [-0.2, -0.15) is 0 Å². The highest BCUT2D eigenvalue weighted by Crippen LogP contribution is 2.31. The van der Waals surface area contributed by atoms with E-state index in [1.807, 2.05) is 56.4 Å². The Morgan fingerprint density at radius 3 is 2.90 bits per heavy atom. The SMILES string of the molecule is C[C@@H](C(=O)NC1CCCC(Nc2cc(-c3c[nH]c4ncccc34)cc(Cl)n2)C1)N(C)C. The summed E-state index contributed by atoms with van der Waals surface area (Å²) < 4.78 is 0. The van der Waals surface area contributed by atoms with E-state index >= 15 is 0 Å². The maximum Gasteiger partial charge on any atom is 0.237 e. The van der Waals surface area contributed by atoms with Crippen LogP contribution in [-0.2, 0) is 4.79 Å². The van der Waals surface area contributed by atoms with E-state index in [-0.39, 0.29) is 24.0 Å². The second-order valence-electron chi connectivity index (χ2n) is 8.52. The van der Waals surface area contributed by atoms with Crippen LogP contribution in [0, 0.1) is 0 Å². The van der Waals surface area contributed by atoms with Crippen LogP contribution in [0.25, 0.3) is 22.2 Å². The average molecular weight is 441 g/mol. The van der Waals surface area contributed by atoms with E-state index in [9.17, 15) is 4.79 Å². The molecule has 164 valence electrons. The predicted molar refractivity (Wildman–Crippen MR) is 125 cm³/mol. The summed E-state index contributed by atoms with van der Waals surface area (Å²) in [7, 11) is 3.84. The quantitative estimate of drug-likeness (QED) is 0.503. The summed E-state index contributed by atoms with van der Waals surface area (Å²) in [5.74, 6) is 0.825. The maximum absolute atomic E-state index is 12.4. The summed E-state index contributed by atoms with van der Waals surface area (Å²) in [5, 5.41) is 8.24. The minimum atomic E-state index is -0.142. The van der Waals surface area contributed by atoms with Gasteiger partial charge in [0.15, 0.2) is 0 Å².